The topological polar surface area (TPSA) is 82.5 Å². The minimum Gasteiger partial charge on any atom is -0.493 e. The van der Waals surface area contributed by atoms with E-state index in [2.05, 4.69) is 10.8 Å². The lowest BCUT2D eigenvalue weighted by Crippen LogP contribution is -2.28. The summed E-state index contributed by atoms with van der Waals surface area (Å²) in [7, 11) is -0.631. The molecule has 7 nitrogen and oxygen atoms in total. The minimum absolute atomic E-state index is 0.154. The standard InChI is InChI=1S/C19H25N3O4S/c1-25-18-8-7-15(11-19(18)26-2)27(23,24)20-9-10-22-17(14-5-6-14)12-16(21-22)13-3-4-13/h7-8,11-14,20H,3-6,9-10H2,1-2H3. The van der Waals surface area contributed by atoms with Gasteiger partial charge in [-0.05, 0) is 43.9 Å². The quantitative estimate of drug-likeness (QED) is 0.711. The van der Waals surface area contributed by atoms with Crippen LogP contribution in [-0.4, -0.2) is 39.0 Å². The molecule has 0 saturated heterocycles. The van der Waals surface area contributed by atoms with Crippen molar-refractivity contribution in [2.45, 2.75) is 49.0 Å². The maximum absolute atomic E-state index is 12.6. The second kappa shape index (κ2) is 7.16. The van der Waals surface area contributed by atoms with Crippen molar-refractivity contribution in [3.05, 3.63) is 35.7 Å². The van der Waals surface area contributed by atoms with Crippen LogP contribution in [0.15, 0.2) is 29.2 Å². The van der Waals surface area contributed by atoms with Gasteiger partial charge >= 0.3 is 0 Å². The third kappa shape index (κ3) is 3.96. The maximum Gasteiger partial charge on any atom is 0.240 e. The van der Waals surface area contributed by atoms with Crippen molar-refractivity contribution < 1.29 is 17.9 Å². The number of benzene rings is 1. The van der Waals surface area contributed by atoms with Gasteiger partial charge in [0.15, 0.2) is 11.5 Å². The normalized spacial score (nSPS) is 17.1. The van der Waals surface area contributed by atoms with E-state index in [1.807, 2.05) is 4.68 Å². The summed E-state index contributed by atoms with van der Waals surface area (Å²) in [4.78, 5) is 0.154. The van der Waals surface area contributed by atoms with Gasteiger partial charge in [-0.25, -0.2) is 13.1 Å². The van der Waals surface area contributed by atoms with Gasteiger partial charge in [0.25, 0.3) is 0 Å². The summed E-state index contributed by atoms with van der Waals surface area (Å²) in [6.45, 7) is 0.827. The van der Waals surface area contributed by atoms with Gasteiger partial charge in [0.1, 0.15) is 0 Å². The molecule has 0 amide bonds. The molecule has 1 N–H and O–H groups in total. The second-order valence-electron chi connectivity index (χ2n) is 7.18. The Balaban J connectivity index is 1.44. The molecule has 2 saturated carbocycles. The number of nitrogens with one attached hydrogen (secondary N) is 1. The van der Waals surface area contributed by atoms with E-state index in [1.165, 1.54) is 63.4 Å². The predicted octanol–water partition coefficient (Wildman–Crippen LogP) is 2.63. The first kappa shape index (κ1) is 18.3. The Bertz CT molecular complexity index is 930. The molecule has 4 rings (SSSR count). The van der Waals surface area contributed by atoms with Crippen LogP contribution < -0.4 is 14.2 Å². The number of ether oxygens (including phenoxy) is 2. The smallest absolute Gasteiger partial charge is 0.240 e. The average molecular weight is 391 g/mol. The Morgan fingerprint density at radius 3 is 2.41 bits per heavy atom. The van der Waals surface area contributed by atoms with Crippen LogP contribution in [0.2, 0.25) is 0 Å². The van der Waals surface area contributed by atoms with E-state index < -0.39 is 10.0 Å². The molecule has 0 unspecified atom stereocenters. The average Bonchev–Trinajstić information content (AvgIpc) is 3.59. The van der Waals surface area contributed by atoms with Gasteiger partial charge in [-0.3, -0.25) is 4.68 Å². The fourth-order valence-corrected chi connectivity index (χ4v) is 4.31. The lowest BCUT2D eigenvalue weighted by molar-refractivity contribution is 0.354. The van der Waals surface area contributed by atoms with Gasteiger partial charge in [0.2, 0.25) is 10.0 Å². The molecule has 0 atom stereocenters. The van der Waals surface area contributed by atoms with Crippen LogP contribution in [0.1, 0.15) is 48.9 Å². The van der Waals surface area contributed by atoms with Gasteiger partial charge in [-0.2, -0.15) is 5.10 Å². The van der Waals surface area contributed by atoms with E-state index in [-0.39, 0.29) is 4.90 Å². The van der Waals surface area contributed by atoms with Crippen LogP contribution in [0.3, 0.4) is 0 Å². The Morgan fingerprint density at radius 2 is 1.78 bits per heavy atom. The molecule has 1 aromatic heterocycles. The Morgan fingerprint density at radius 1 is 1.07 bits per heavy atom. The lowest BCUT2D eigenvalue weighted by Gasteiger charge is -2.12. The van der Waals surface area contributed by atoms with Crippen LogP contribution >= 0.6 is 0 Å². The number of sulfonamides is 1. The van der Waals surface area contributed by atoms with E-state index >= 15 is 0 Å². The van der Waals surface area contributed by atoms with Gasteiger partial charge in [0.05, 0.1) is 31.4 Å². The number of rotatable bonds is 9. The maximum atomic E-state index is 12.6. The van der Waals surface area contributed by atoms with Crippen LogP contribution in [-0.2, 0) is 16.6 Å². The summed E-state index contributed by atoms with van der Waals surface area (Å²) < 4.78 is 40.2. The third-order valence-corrected chi connectivity index (χ3v) is 6.56. The van der Waals surface area contributed by atoms with Crippen LogP contribution in [0.5, 0.6) is 11.5 Å². The molecule has 27 heavy (non-hydrogen) atoms. The Hall–Kier alpha value is -2.06. The highest BCUT2D eigenvalue weighted by molar-refractivity contribution is 7.89. The van der Waals surface area contributed by atoms with Crippen molar-refractivity contribution in [3.63, 3.8) is 0 Å². The molecule has 2 aliphatic carbocycles. The molecule has 2 fully saturated rings. The monoisotopic (exact) mass is 391 g/mol. The molecule has 2 aliphatic rings. The molecule has 0 radical (unpaired) electrons. The zero-order valence-electron chi connectivity index (χ0n) is 15.6. The summed E-state index contributed by atoms with van der Waals surface area (Å²) in [6.07, 6.45) is 4.83. The van der Waals surface area contributed by atoms with Crippen molar-refractivity contribution in [2.24, 2.45) is 0 Å². The van der Waals surface area contributed by atoms with Gasteiger partial charge < -0.3 is 9.47 Å². The number of nitrogens with zero attached hydrogens (tertiary/aromatic N) is 2. The van der Waals surface area contributed by atoms with E-state index in [0.717, 1.165) is 0 Å². The molecular formula is C19H25N3O4S. The van der Waals surface area contributed by atoms with Crippen LogP contribution in [0, 0.1) is 0 Å². The molecule has 146 valence electrons. The summed E-state index contributed by atoms with van der Waals surface area (Å²) in [6, 6.07) is 6.79. The first-order chi connectivity index (χ1) is 13.0. The van der Waals surface area contributed by atoms with E-state index in [1.54, 1.807) is 6.07 Å². The summed E-state index contributed by atoms with van der Waals surface area (Å²) in [5.74, 6) is 2.08. The van der Waals surface area contributed by atoms with Gasteiger partial charge in [-0.15, -0.1) is 0 Å². The van der Waals surface area contributed by atoms with Crippen molar-refractivity contribution in [1.29, 1.82) is 0 Å². The molecule has 0 spiro atoms. The highest BCUT2D eigenvalue weighted by Gasteiger charge is 2.32. The lowest BCUT2D eigenvalue weighted by atomic mass is 10.2. The molecule has 0 aliphatic heterocycles. The van der Waals surface area contributed by atoms with Crippen molar-refractivity contribution in [1.82, 2.24) is 14.5 Å². The van der Waals surface area contributed by atoms with Crippen molar-refractivity contribution >= 4 is 10.0 Å². The largest absolute Gasteiger partial charge is 0.493 e. The number of aromatic nitrogens is 2. The number of methoxy groups -OCH3 is 2. The third-order valence-electron chi connectivity index (χ3n) is 5.10. The summed E-state index contributed by atoms with van der Waals surface area (Å²) in [5.41, 5.74) is 2.42. The zero-order valence-corrected chi connectivity index (χ0v) is 16.5. The molecule has 1 heterocycles. The van der Waals surface area contributed by atoms with Crippen molar-refractivity contribution in [3.8, 4) is 11.5 Å². The molecule has 1 aromatic carbocycles. The number of hydrogen-bond donors (Lipinski definition) is 1. The Labute approximate surface area is 159 Å². The molecule has 0 bridgehead atoms. The minimum atomic E-state index is -3.63. The molecule has 2 aromatic rings. The van der Waals surface area contributed by atoms with E-state index in [9.17, 15) is 8.42 Å². The first-order valence-electron chi connectivity index (χ1n) is 9.31. The fourth-order valence-electron chi connectivity index (χ4n) is 3.27. The first-order valence-corrected chi connectivity index (χ1v) is 10.8. The van der Waals surface area contributed by atoms with E-state index in [4.69, 9.17) is 14.6 Å². The van der Waals surface area contributed by atoms with Gasteiger partial charge in [0, 0.05) is 30.1 Å². The van der Waals surface area contributed by atoms with E-state index in [0.29, 0.717) is 36.4 Å². The van der Waals surface area contributed by atoms with Crippen LogP contribution in [0.25, 0.3) is 0 Å². The summed E-state index contributed by atoms with van der Waals surface area (Å²) >= 11 is 0. The SMILES string of the molecule is COc1ccc(S(=O)(=O)NCCn2nc(C3CC3)cc2C2CC2)cc1OC. The van der Waals surface area contributed by atoms with Gasteiger partial charge in [-0.1, -0.05) is 0 Å². The van der Waals surface area contributed by atoms with Crippen molar-refractivity contribution in [2.75, 3.05) is 20.8 Å². The fraction of sp³-hybridized carbons (Fsp3) is 0.526. The highest BCUT2D eigenvalue weighted by Crippen LogP contribution is 2.44. The Kier molecular flexibility index (Phi) is 4.86. The summed E-state index contributed by atoms with van der Waals surface area (Å²) in [5, 5.41) is 4.72. The molecule has 8 heteroatoms. The van der Waals surface area contributed by atoms with Crippen LogP contribution in [0.4, 0.5) is 0 Å². The highest BCUT2D eigenvalue weighted by atomic mass is 32.2. The zero-order chi connectivity index (χ0) is 19.0. The predicted molar refractivity (Wildman–Crippen MR) is 101 cm³/mol. The number of hydrogen-bond acceptors (Lipinski definition) is 5. The molecular weight excluding hydrogens is 366 g/mol. The second-order valence-corrected chi connectivity index (χ2v) is 8.95.